The number of rotatable bonds is 1. The van der Waals surface area contributed by atoms with Crippen LogP contribution in [0.4, 0.5) is 17.6 Å². The minimum atomic E-state index is -0.935. The summed E-state index contributed by atoms with van der Waals surface area (Å²) in [5.41, 5.74) is 0. The topological polar surface area (TPSA) is 46.5 Å². The highest BCUT2D eigenvalue weighted by Crippen LogP contribution is 2.17. The first-order valence-corrected chi connectivity index (χ1v) is 5.57. The van der Waals surface area contributed by atoms with E-state index in [2.05, 4.69) is 4.74 Å². The lowest BCUT2D eigenvalue weighted by atomic mass is 10.3. The van der Waals surface area contributed by atoms with Crippen molar-refractivity contribution in [1.82, 2.24) is 0 Å². The van der Waals surface area contributed by atoms with Crippen LogP contribution in [0.15, 0.2) is 36.4 Å². The molecule has 0 bridgehead atoms. The lowest BCUT2D eigenvalue weighted by molar-refractivity contribution is -0.132. The highest BCUT2D eigenvalue weighted by atomic mass is 19.1. The van der Waals surface area contributed by atoms with E-state index in [1.807, 2.05) is 0 Å². The highest BCUT2D eigenvalue weighted by molar-refractivity contribution is 5.69. The lowest BCUT2D eigenvalue weighted by Crippen LogP contribution is -2.03. The fourth-order valence-electron chi connectivity index (χ4n) is 1.19. The van der Waals surface area contributed by atoms with Crippen LogP contribution >= 0.6 is 0 Å². The summed E-state index contributed by atoms with van der Waals surface area (Å²) in [6.07, 6.45) is 0. The first-order chi connectivity index (χ1) is 9.79. The molecule has 0 aliphatic heterocycles. The first-order valence-electron chi connectivity index (χ1n) is 5.57. The van der Waals surface area contributed by atoms with Gasteiger partial charge in [-0.3, -0.25) is 4.79 Å². The molecule has 0 saturated carbocycles. The molecule has 0 atom stereocenters. The van der Waals surface area contributed by atoms with E-state index in [9.17, 15) is 22.4 Å². The Hall–Kier alpha value is -2.57. The van der Waals surface area contributed by atoms with Gasteiger partial charge in [-0.25, -0.2) is 17.6 Å². The molecule has 0 radical (unpaired) electrons. The average molecular weight is 302 g/mol. The van der Waals surface area contributed by atoms with Crippen LogP contribution in [0.3, 0.4) is 0 Å². The zero-order valence-corrected chi connectivity index (χ0v) is 10.7. The van der Waals surface area contributed by atoms with Gasteiger partial charge >= 0.3 is 5.97 Å². The molecule has 112 valence electrons. The minimum absolute atomic E-state index is 0.260. The summed E-state index contributed by atoms with van der Waals surface area (Å²) in [4.78, 5) is 10.4. The van der Waals surface area contributed by atoms with Gasteiger partial charge in [0, 0.05) is 19.1 Å². The van der Waals surface area contributed by atoms with Crippen molar-refractivity contribution in [2.45, 2.75) is 6.92 Å². The number of benzene rings is 2. The maximum absolute atomic E-state index is 12.7. The molecule has 0 amide bonds. The van der Waals surface area contributed by atoms with E-state index in [4.69, 9.17) is 5.11 Å². The Labute approximate surface area is 117 Å². The fourth-order valence-corrected chi connectivity index (χ4v) is 1.19. The Morgan fingerprint density at radius 3 is 1.90 bits per heavy atom. The van der Waals surface area contributed by atoms with Crippen LogP contribution in [-0.2, 0) is 4.79 Å². The number of hydrogen-bond donors (Lipinski definition) is 1. The smallest absolute Gasteiger partial charge is 0.308 e. The van der Waals surface area contributed by atoms with E-state index < -0.39 is 35.0 Å². The summed E-state index contributed by atoms with van der Waals surface area (Å²) in [6, 6.07) is 5.30. The van der Waals surface area contributed by atoms with E-state index in [1.165, 1.54) is 0 Å². The van der Waals surface area contributed by atoms with Crippen molar-refractivity contribution in [2.75, 3.05) is 0 Å². The molecule has 0 heterocycles. The molecule has 1 N–H and O–H groups in total. The van der Waals surface area contributed by atoms with E-state index in [-0.39, 0.29) is 5.75 Å². The van der Waals surface area contributed by atoms with E-state index in [0.29, 0.717) is 12.1 Å². The summed E-state index contributed by atoms with van der Waals surface area (Å²) in [6.45, 7) is 1.14. The SMILES string of the molecule is CC(=O)Oc1ccc(F)cc1F.Oc1ccc(F)cc1F. The molecule has 21 heavy (non-hydrogen) atoms. The molecule has 2 aromatic rings. The van der Waals surface area contributed by atoms with E-state index in [1.54, 1.807) is 0 Å². The minimum Gasteiger partial charge on any atom is -0.505 e. The Balaban J connectivity index is 0.000000219. The molecule has 2 rings (SSSR count). The number of phenolic OH excluding ortho intramolecular Hbond substituents is 1. The van der Waals surface area contributed by atoms with Gasteiger partial charge in [0.15, 0.2) is 23.1 Å². The largest absolute Gasteiger partial charge is 0.505 e. The Morgan fingerprint density at radius 1 is 0.952 bits per heavy atom. The maximum Gasteiger partial charge on any atom is 0.308 e. The Kier molecular flexibility index (Phi) is 5.71. The number of carbonyl (C=O) groups is 1. The molecule has 0 aliphatic carbocycles. The molecule has 0 aliphatic rings. The summed E-state index contributed by atoms with van der Waals surface area (Å²) >= 11 is 0. The van der Waals surface area contributed by atoms with E-state index >= 15 is 0 Å². The van der Waals surface area contributed by atoms with Crippen LogP contribution in [0.5, 0.6) is 11.5 Å². The van der Waals surface area contributed by atoms with Crippen molar-refractivity contribution in [1.29, 1.82) is 0 Å². The number of hydrogen-bond acceptors (Lipinski definition) is 3. The van der Waals surface area contributed by atoms with Gasteiger partial charge in [0.05, 0.1) is 0 Å². The molecule has 0 aromatic heterocycles. The number of aromatic hydroxyl groups is 1. The summed E-state index contributed by atoms with van der Waals surface area (Å²) in [7, 11) is 0. The number of phenols is 1. The van der Waals surface area contributed by atoms with Crippen molar-refractivity contribution >= 4 is 5.97 Å². The third-order valence-electron chi connectivity index (χ3n) is 2.06. The molecule has 0 unspecified atom stereocenters. The van der Waals surface area contributed by atoms with Crippen LogP contribution in [0.1, 0.15) is 6.92 Å². The van der Waals surface area contributed by atoms with Gasteiger partial charge in [-0.05, 0) is 24.3 Å². The quantitative estimate of drug-likeness (QED) is 0.498. The summed E-state index contributed by atoms with van der Waals surface area (Å²) in [5.74, 6) is -4.64. The zero-order chi connectivity index (χ0) is 16.0. The van der Waals surface area contributed by atoms with Crippen LogP contribution in [-0.4, -0.2) is 11.1 Å². The molecule has 7 heteroatoms. The van der Waals surface area contributed by atoms with Gasteiger partial charge in [-0.1, -0.05) is 0 Å². The number of carbonyl (C=O) groups excluding carboxylic acids is 1. The summed E-state index contributed by atoms with van der Waals surface area (Å²) in [5, 5.41) is 8.50. The number of ether oxygens (including phenoxy) is 1. The van der Waals surface area contributed by atoms with Gasteiger partial charge in [0.25, 0.3) is 0 Å². The van der Waals surface area contributed by atoms with Gasteiger partial charge in [-0.15, -0.1) is 0 Å². The lowest BCUT2D eigenvalue weighted by Gasteiger charge is -2.01. The number of halogens is 4. The van der Waals surface area contributed by atoms with Crippen LogP contribution < -0.4 is 4.74 Å². The molecule has 3 nitrogen and oxygen atoms in total. The molecule has 0 spiro atoms. The third-order valence-corrected chi connectivity index (χ3v) is 2.06. The van der Waals surface area contributed by atoms with Crippen molar-refractivity contribution in [3.05, 3.63) is 59.7 Å². The van der Waals surface area contributed by atoms with Crippen LogP contribution in [0.25, 0.3) is 0 Å². The average Bonchev–Trinajstić information content (AvgIpc) is 2.38. The van der Waals surface area contributed by atoms with Crippen molar-refractivity contribution < 1.29 is 32.2 Å². The Morgan fingerprint density at radius 2 is 1.48 bits per heavy atom. The molecule has 0 saturated heterocycles. The second kappa shape index (κ2) is 7.28. The van der Waals surface area contributed by atoms with Crippen molar-refractivity contribution in [2.24, 2.45) is 0 Å². The zero-order valence-electron chi connectivity index (χ0n) is 10.7. The molecule has 0 fully saturated rings. The number of esters is 1. The second-order valence-corrected chi connectivity index (χ2v) is 3.76. The van der Waals surface area contributed by atoms with E-state index in [0.717, 1.165) is 31.2 Å². The highest BCUT2D eigenvalue weighted by Gasteiger charge is 2.06. The standard InChI is InChI=1S/C8H6F2O2.C6H4F2O/c1-5(11)12-8-3-2-6(9)4-7(8)10;7-4-1-2-6(9)5(8)3-4/h2-4H,1H3;1-3,9H. The van der Waals surface area contributed by atoms with Crippen LogP contribution in [0, 0.1) is 23.3 Å². The molecular formula is C14H10F4O3. The van der Waals surface area contributed by atoms with Gasteiger partial charge in [-0.2, -0.15) is 0 Å². The van der Waals surface area contributed by atoms with Gasteiger partial charge in [0.2, 0.25) is 0 Å². The maximum atomic E-state index is 12.7. The fraction of sp³-hybridized carbons (Fsp3) is 0.0714. The van der Waals surface area contributed by atoms with Gasteiger partial charge in [0.1, 0.15) is 11.6 Å². The summed E-state index contributed by atoms with van der Waals surface area (Å²) < 4.78 is 53.5. The third kappa shape index (κ3) is 5.52. The van der Waals surface area contributed by atoms with Crippen molar-refractivity contribution in [3.8, 4) is 11.5 Å². The van der Waals surface area contributed by atoms with Gasteiger partial charge < -0.3 is 9.84 Å². The van der Waals surface area contributed by atoms with Crippen molar-refractivity contribution in [3.63, 3.8) is 0 Å². The normalized spacial score (nSPS) is 9.57. The van der Waals surface area contributed by atoms with Crippen LogP contribution in [0.2, 0.25) is 0 Å². The second-order valence-electron chi connectivity index (χ2n) is 3.76. The predicted molar refractivity (Wildman–Crippen MR) is 65.7 cm³/mol. The molecule has 2 aromatic carbocycles. The first kappa shape index (κ1) is 16.5. The monoisotopic (exact) mass is 302 g/mol. The Bertz CT molecular complexity index is 644. The molecular weight excluding hydrogens is 292 g/mol. The predicted octanol–water partition coefficient (Wildman–Crippen LogP) is 3.56.